The standard InChI is InChI=1S/C19H28N2O3/c1-13(2)15-16(22)20(6)17(19(3,4)5)21(15)18(23)24-12-14-10-8-7-9-11-14/h7-11,13,15,17H,12H2,1-6H3. The largest absolute Gasteiger partial charge is 0.444 e. The number of carbonyl (C=O) groups excluding carboxylic acids is 2. The lowest BCUT2D eigenvalue weighted by atomic mass is 9.91. The second-order valence-electron chi connectivity index (χ2n) is 7.83. The van der Waals surface area contributed by atoms with Crippen molar-refractivity contribution in [3.05, 3.63) is 35.9 Å². The van der Waals surface area contributed by atoms with Crippen molar-refractivity contribution in [1.29, 1.82) is 0 Å². The molecule has 2 atom stereocenters. The molecule has 0 saturated carbocycles. The van der Waals surface area contributed by atoms with E-state index in [4.69, 9.17) is 4.74 Å². The lowest BCUT2D eigenvalue weighted by Gasteiger charge is -2.38. The highest BCUT2D eigenvalue weighted by Gasteiger charge is 2.52. The van der Waals surface area contributed by atoms with Gasteiger partial charge in [-0.3, -0.25) is 9.69 Å². The normalized spacial score (nSPS) is 21.5. The lowest BCUT2D eigenvalue weighted by molar-refractivity contribution is -0.130. The Morgan fingerprint density at radius 3 is 2.29 bits per heavy atom. The summed E-state index contributed by atoms with van der Waals surface area (Å²) in [5.41, 5.74) is 0.665. The van der Waals surface area contributed by atoms with Crippen molar-refractivity contribution >= 4 is 12.0 Å². The van der Waals surface area contributed by atoms with Crippen LogP contribution in [0.1, 0.15) is 40.2 Å². The van der Waals surface area contributed by atoms with E-state index in [2.05, 4.69) is 0 Å². The summed E-state index contributed by atoms with van der Waals surface area (Å²) in [6.07, 6.45) is -0.754. The highest BCUT2D eigenvalue weighted by atomic mass is 16.6. The van der Waals surface area contributed by atoms with Crippen LogP contribution in [-0.2, 0) is 16.1 Å². The van der Waals surface area contributed by atoms with Crippen LogP contribution in [0.4, 0.5) is 4.79 Å². The van der Waals surface area contributed by atoms with Gasteiger partial charge in [0.25, 0.3) is 0 Å². The van der Waals surface area contributed by atoms with Crippen LogP contribution in [0.3, 0.4) is 0 Å². The summed E-state index contributed by atoms with van der Waals surface area (Å²) >= 11 is 0. The maximum atomic E-state index is 12.8. The van der Waals surface area contributed by atoms with Gasteiger partial charge in [0, 0.05) is 12.5 Å². The second kappa shape index (κ2) is 6.83. The fraction of sp³-hybridized carbons (Fsp3) is 0.579. The summed E-state index contributed by atoms with van der Waals surface area (Å²) in [5.74, 6) is -0.00170. The molecule has 1 heterocycles. The summed E-state index contributed by atoms with van der Waals surface area (Å²) in [4.78, 5) is 28.8. The van der Waals surface area contributed by atoms with E-state index < -0.39 is 12.1 Å². The number of amides is 2. The van der Waals surface area contributed by atoms with Gasteiger partial charge in [0.05, 0.1) is 0 Å². The number of likely N-dealkylation sites (N-methyl/N-ethyl adjacent to an activating group) is 1. The van der Waals surface area contributed by atoms with Gasteiger partial charge in [0.1, 0.15) is 18.8 Å². The molecule has 1 saturated heterocycles. The van der Waals surface area contributed by atoms with Gasteiger partial charge in [-0.1, -0.05) is 65.0 Å². The van der Waals surface area contributed by atoms with Crippen molar-refractivity contribution in [1.82, 2.24) is 9.80 Å². The Labute approximate surface area is 144 Å². The third-order valence-corrected chi connectivity index (χ3v) is 4.35. The topological polar surface area (TPSA) is 49.9 Å². The summed E-state index contributed by atoms with van der Waals surface area (Å²) in [6, 6.07) is 9.08. The summed E-state index contributed by atoms with van der Waals surface area (Å²) < 4.78 is 5.52. The van der Waals surface area contributed by atoms with E-state index in [-0.39, 0.29) is 30.0 Å². The van der Waals surface area contributed by atoms with Crippen molar-refractivity contribution in [3.8, 4) is 0 Å². The summed E-state index contributed by atoms with van der Waals surface area (Å²) in [6.45, 7) is 10.2. The average Bonchev–Trinajstić information content (AvgIpc) is 2.78. The van der Waals surface area contributed by atoms with Gasteiger partial charge in [-0.15, -0.1) is 0 Å². The molecule has 2 unspecified atom stereocenters. The SMILES string of the molecule is CC(C)C1C(=O)N(C)C(C(C)(C)C)N1C(=O)OCc1ccccc1. The average molecular weight is 332 g/mol. The van der Waals surface area contributed by atoms with Gasteiger partial charge in [0.15, 0.2) is 0 Å². The molecule has 5 heteroatoms. The minimum atomic E-state index is -0.484. The van der Waals surface area contributed by atoms with Crippen LogP contribution >= 0.6 is 0 Å². The molecular weight excluding hydrogens is 304 g/mol. The Morgan fingerprint density at radius 2 is 1.79 bits per heavy atom. The Hall–Kier alpha value is -2.04. The van der Waals surface area contributed by atoms with Gasteiger partial charge >= 0.3 is 6.09 Å². The fourth-order valence-corrected chi connectivity index (χ4v) is 3.40. The van der Waals surface area contributed by atoms with Crippen LogP contribution < -0.4 is 0 Å². The zero-order valence-electron chi connectivity index (χ0n) is 15.4. The number of hydrogen-bond acceptors (Lipinski definition) is 3. The van der Waals surface area contributed by atoms with Gasteiger partial charge in [-0.25, -0.2) is 4.79 Å². The molecule has 1 fully saturated rings. The monoisotopic (exact) mass is 332 g/mol. The van der Waals surface area contributed by atoms with Crippen LogP contribution in [0.5, 0.6) is 0 Å². The van der Waals surface area contributed by atoms with Crippen molar-refractivity contribution in [3.63, 3.8) is 0 Å². The third kappa shape index (κ3) is 3.55. The molecule has 1 aliphatic rings. The molecule has 0 spiro atoms. The van der Waals surface area contributed by atoms with E-state index in [0.717, 1.165) is 5.56 Å². The zero-order valence-corrected chi connectivity index (χ0v) is 15.4. The third-order valence-electron chi connectivity index (χ3n) is 4.35. The van der Waals surface area contributed by atoms with Crippen LogP contribution in [0.25, 0.3) is 0 Å². The quantitative estimate of drug-likeness (QED) is 0.851. The van der Waals surface area contributed by atoms with E-state index in [1.807, 2.05) is 65.0 Å². The minimum Gasteiger partial charge on any atom is -0.444 e. The number of carbonyl (C=O) groups is 2. The molecule has 0 aromatic heterocycles. The number of rotatable bonds is 3. The van der Waals surface area contributed by atoms with E-state index in [0.29, 0.717) is 0 Å². The van der Waals surface area contributed by atoms with Crippen molar-refractivity contribution in [2.75, 3.05) is 7.05 Å². The smallest absolute Gasteiger partial charge is 0.412 e. The second-order valence-corrected chi connectivity index (χ2v) is 7.83. The first-order valence-corrected chi connectivity index (χ1v) is 8.40. The molecule has 2 rings (SSSR count). The molecule has 1 aromatic carbocycles. The maximum absolute atomic E-state index is 12.8. The molecule has 132 valence electrons. The van der Waals surface area contributed by atoms with Crippen molar-refractivity contribution in [2.45, 2.75) is 53.4 Å². The molecule has 0 aliphatic carbocycles. The van der Waals surface area contributed by atoms with Crippen LogP contribution in [-0.4, -0.2) is 41.1 Å². The van der Waals surface area contributed by atoms with Crippen LogP contribution in [0.2, 0.25) is 0 Å². The molecule has 24 heavy (non-hydrogen) atoms. The Bertz CT molecular complexity index is 592. The number of hydrogen-bond donors (Lipinski definition) is 0. The first kappa shape index (κ1) is 18.3. The summed E-state index contributed by atoms with van der Waals surface area (Å²) in [7, 11) is 1.76. The van der Waals surface area contributed by atoms with E-state index in [1.54, 1.807) is 16.8 Å². The van der Waals surface area contributed by atoms with Crippen molar-refractivity contribution < 1.29 is 14.3 Å². The predicted molar refractivity (Wildman–Crippen MR) is 93.1 cm³/mol. The number of nitrogens with zero attached hydrogens (tertiary/aromatic N) is 2. The van der Waals surface area contributed by atoms with Gasteiger partial charge in [0.2, 0.25) is 5.91 Å². The molecule has 0 radical (unpaired) electrons. The number of ether oxygens (including phenoxy) is 1. The Balaban J connectivity index is 2.24. The molecule has 0 N–H and O–H groups in total. The molecule has 0 bridgehead atoms. The van der Waals surface area contributed by atoms with E-state index in [9.17, 15) is 9.59 Å². The molecular formula is C19H28N2O3. The Morgan fingerprint density at radius 1 is 1.21 bits per heavy atom. The summed E-state index contributed by atoms with van der Waals surface area (Å²) in [5, 5.41) is 0. The lowest BCUT2D eigenvalue weighted by Crippen LogP contribution is -2.51. The predicted octanol–water partition coefficient (Wildman–Crippen LogP) is 3.49. The minimum absolute atomic E-state index is 0.0246. The van der Waals surface area contributed by atoms with E-state index >= 15 is 0 Å². The highest BCUT2D eigenvalue weighted by molar-refractivity contribution is 5.89. The van der Waals surface area contributed by atoms with Crippen LogP contribution in [0, 0.1) is 11.3 Å². The fourth-order valence-electron chi connectivity index (χ4n) is 3.40. The Kier molecular flexibility index (Phi) is 5.21. The first-order valence-electron chi connectivity index (χ1n) is 8.40. The molecule has 1 aliphatic heterocycles. The number of benzene rings is 1. The van der Waals surface area contributed by atoms with Gasteiger partial charge in [-0.2, -0.15) is 0 Å². The molecule has 1 aromatic rings. The van der Waals surface area contributed by atoms with E-state index in [1.165, 1.54) is 0 Å². The maximum Gasteiger partial charge on any atom is 0.412 e. The van der Waals surface area contributed by atoms with Gasteiger partial charge in [-0.05, 0) is 11.5 Å². The van der Waals surface area contributed by atoms with Crippen LogP contribution in [0.15, 0.2) is 30.3 Å². The first-order chi connectivity index (χ1) is 11.1. The van der Waals surface area contributed by atoms with Gasteiger partial charge < -0.3 is 9.64 Å². The molecule has 5 nitrogen and oxygen atoms in total. The molecule has 2 amide bonds. The van der Waals surface area contributed by atoms with Crippen molar-refractivity contribution in [2.24, 2.45) is 11.3 Å². The zero-order chi connectivity index (χ0) is 18.1. The highest BCUT2D eigenvalue weighted by Crippen LogP contribution is 2.36.